The number of anilines is 1. The number of nitrogens with zero attached hydrogens (tertiary/aromatic N) is 4. The number of alkyl halides is 1. The zero-order chi connectivity index (χ0) is 22.3. The number of halogens is 1. The Bertz CT molecular complexity index is 934. The summed E-state index contributed by atoms with van der Waals surface area (Å²) in [6.45, 7) is 3.16. The van der Waals surface area contributed by atoms with E-state index in [-0.39, 0.29) is 24.8 Å². The molecule has 2 N–H and O–H groups in total. The molecule has 9 heteroatoms. The molecule has 4 rings (SSSR count). The first-order valence-corrected chi connectivity index (χ1v) is 11.1. The molecule has 1 atom stereocenters. The quantitative estimate of drug-likeness (QED) is 0.607. The van der Waals surface area contributed by atoms with Gasteiger partial charge in [-0.25, -0.2) is 14.4 Å². The molecule has 3 heterocycles. The largest absolute Gasteiger partial charge is 0.367 e. The Labute approximate surface area is 187 Å². The fourth-order valence-electron chi connectivity index (χ4n) is 4.27. The van der Waals surface area contributed by atoms with Crippen LogP contribution in [0.15, 0.2) is 36.7 Å². The Morgan fingerprint density at radius 3 is 2.75 bits per heavy atom. The van der Waals surface area contributed by atoms with Crippen LogP contribution < -0.4 is 10.6 Å². The van der Waals surface area contributed by atoms with Crippen LogP contribution in [-0.2, 0) is 17.8 Å². The van der Waals surface area contributed by atoms with E-state index in [1.54, 1.807) is 11.0 Å². The van der Waals surface area contributed by atoms with Crippen molar-refractivity contribution in [3.63, 3.8) is 0 Å². The summed E-state index contributed by atoms with van der Waals surface area (Å²) >= 11 is 0. The van der Waals surface area contributed by atoms with Crippen molar-refractivity contribution in [3.05, 3.63) is 53.5 Å². The summed E-state index contributed by atoms with van der Waals surface area (Å²) in [7, 11) is 0. The van der Waals surface area contributed by atoms with Gasteiger partial charge in [0.25, 0.3) is 5.91 Å². The van der Waals surface area contributed by atoms with Crippen molar-refractivity contribution in [2.75, 3.05) is 38.0 Å². The first-order valence-electron chi connectivity index (χ1n) is 11.1. The average Bonchev–Trinajstić information content (AvgIpc) is 2.83. The highest BCUT2D eigenvalue weighted by Crippen LogP contribution is 2.19. The lowest BCUT2D eigenvalue weighted by Crippen LogP contribution is -2.40. The predicted molar refractivity (Wildman–Crippen MR) is 119 cm³/mol. The summed E-state index contributed by atoms with van der Waals surface area (Å²) in [5.41, 5.74) is 2.77. The molecule has 0 aliphatic carbocycles. The summed E-state index contributed by atoms with van der Waals surface area (Å²) < 4.78 is 14.6. The molecule has 1 unspecified atom stereocenters. The van der Waals surface area contributed by atoms with Crippen LogP contribution in [0.2, 0.25) is 0 Å². The van der Waals surface area contributed by atoms with Crippen molar-refractivity contribution >= 4 is 18.1 Å². The van der Waals surface area contributed by atoms with Gasteiger partial charge in [-0.1, -0.05) is 24.3 Å². The fraction of sp³-hybridized carbons (Fsp3) is 0.478. The third-order valence-corrected chi connectivity index (χ3v) is 6.08. The molecular weight excluding hydrogens is 411 g/mol. The number of benzene rings is 1. The lowest BCUT2D eigenvalue weighted by molar-refractivity contribution is -0.118. The topological polar surface area (TPSA) is 90.5 Å². The van der Waals surface area contributed by atoms with Crippen LogP contribution in [-0.4, -0.2) is 77.0 Å². The third kappa shape index (κ3) is 5.79. The minimum atomic E-state index is -1.16. The van der Waals surface area contributed by atoms with Crippen molar-refractivity contribution in [3.8, 4) is 0 Å². The maximum Gasteiger partial charge on any atom is 0.270 e. The zero-order valence-electron chi connectivity index (χ0n) is 18.0. The van der Waals surface area contributed by atoms with Gasteiger partial charge in [-0.15, -0.1) is 0 Å². The molecule has 2 aliphatic rings. The van der Waals surface area contributed by atoms with Gasteiger partial charge in [0.15, 0.2) is 0 Å². The molecule has 8 nitrogen and oxygen atoms in total. The van der Waals surface area contributed by atoms with Crippen molar-refractivity contribution in [2.45, 2.75) is 38.0 Å². The molecule has 0 radical (unpaired) electrons. The van der Waals surface area contributed by atoms with E-state index in [1.807, 2.05) is 12.1 Å². The number of likely N-dealkylation sites (tertiary alicyclic amines) is 1. The maximum atomic E-state index is 14.6. The van der Waals surface area contributed by atoms with Gasteiger partial charge in [0.1, 0.15) is 24.0 Å². The van der Waals surface area contributed by atoms with Gasteiger partial charge in [-0.3, -0.25) is 14.5 Å². The lowest BCUT2D eigenvalue weighted by atomic mass is 10.00. The third-order valence-electron chi connectivity index (χ3n) is 6.08. The second-order valence-corrected chi connectivity index (χ2v) is 8.41. The molecule has 0 saturated carbocycles. The normalized spacial score (nSPS) is 18.0. The molecular formula is C23H29FN6O2. The summed E-state index contributed by atoms with van der Waals surface area (Å²) in [4.78, 5) is 35.3. The van der Waals surface area contributed by atoms with Gasteiger partial charge in [-0.05, 0) is 30.4 Å². The van der Waals surface area contributed by atoms with E-state index < -0.39 is 12.1 Å². The van der Waals surface area contributed by atoms with E-state index in [4.69, 9.17) is 0 Å². The van der Waals surface area contributed by atoms with Crippen molar-refractivity contribution in [1.29, 1.82) is 0 Å². The smallest absolute Gasteiger partial charge is 0.270 e. The standard InChI is InChI=1S/C23H29FN6O2/c24-19(14-30-8-5-17-3-1-2-4-18(17)13-30)12-25-23(32)21-11-22(27-15-26-21)28-20-6-9-29(16-31)10-7-20/h1-4,11,15-16,19-20H,5-10,12-14H2,(H,25,32)(H,26,27,28). The number of rotatable bonds is 8. The number of carbonyl (C=O) groups excluding carboxylic acids is 2. The van der Waals surface area contributed by atoms with Crippen LogP contribution in [0.3, 0.4) is 0 Å². The SMILES string of the molecule is O=CN1CCC(Nc2cc(C(=O)NCC(F)CN3CCc4ccccc4C3)ncn2)CC1. The Morgan fingerprint density at radius 2 is 1.97 bits per heavy atom. The minimum Gasteiger partial charge on any atom is -0.367 e. The summed E-state index contributed by atoms with van der Waals surface area (Å²) in [6, 6.07) is 10.0. The highest BCUT2D eigenvalue weighted by molar-refractivity contribution is 5.92. The molecule has 1 fully saturated rings. The van der Waals surface area contributed by atoms with E-state index in [2.05, 4.69) is 37.6 Å². The average molecular weight is 441 g/mol. The summed E-state index contributed by atoms with van der Waals surface area (Å²) in [6.07, 6.45) is 3.58. The number of carbonyl (C=O) groups is 2. The first kappa shape index (κ1) is 22.1. The van der Waals surface area contributed by atoms with Gasteiger partial charge in [0.05, 0.1) is 6.54 Å². The second-order valence-electron chi connectivity index (χ2n) is 8.41. The van der Waals surface area contributed by atoms with Gasteiger partial charge in [0, 0.05) is 44.8 Å². The number of nitrogens with one attached hydrogen (secondary N) is 2. The van der Waals surface area contributed by atoms with Crippen LogP contribution >= 0.6 is 0 Å². The van der Waals surface area contributed by atoms with E-state index in [0.29, 0.717) is 18.9 Å². The van der Waals surface area contributed by atoms with E-state index in [9.17, 15) is 14.0 Å². The maximum absolute atomic E-state index is 14.6. The van der Waals surface area contributed by atoms with Crippen LogP contribution in [0.4, 0.5) is 10.2 Å². The number of hydrogen-bond donors (Lipinski definition) is 2. The molecule has 170 valence electrons. The van der Waals surface area contributed by atoms with Gasteiger partial charge in [-0.2, -0.15) is 0 Å². The van der Waals surface area contributed by atoms with Crippen molar-refractivity contribution in [1.82, 2.24) is 25.1 Å². The molecule has 1 aromatic carbocycles. The molecule has 0 spiro atoms. The van der Waals surface area contributed by atoms with E-state index >= 15 is 0 Å². The molecule has 1 aromatic heterocycles. The van der Waals surface area contributed by atoms with Crippen molar-refractivity contribution < 1.29 is 14.0 Å². The molecule has 1 saturated heterocycles. The highest BCUT2D eigenvalue weighted by Gasteiger charge is 2.21. The van der Waals surface area contributed by atoms with Gasteiger partial charge < -0.3 is 15.5 Å². The molecule has 2 amide bonds. The number of hydrogen-bond acceptors (Lipinski definition) is 6. The summed E-state index contributed by atoms with van der Waals surface area (Å²) in [5.74, 6) is 0.136. The van der Waals surface area contributed by atoms with Crippen LogP contribution in [0.1, 0.15) is 34.5 Å². The minimum absolute atomic E-state index is 0.0616. The van der Waals surface area contributed by atoms with Crippen molar-refractivity contribution in [2.24, 2.45) is 0 Å². The zero-order valence-corrected chi connectivity index (χ0v) is 18.0. The number of aromatic nitrogens is 2. The van der Waals surface area contributed by atoms with Crippen LogP contribution in [0.5, 0.6) is 0 Å². The first-order chi connectivity index (χ1) is 15.6. The van der Waals surface area contributed by atoms with Gasteiger partial charge in [0.2, 0.25) is 6.41 Å². The number of piperidine rings is 1. The fourth-order valence-corrected chi connectivity index (χ4v) is 4.27. The Balaban J connectivity index is 1.23. The number of amides is 2. The van der Waals surface area contributed by atoms with E-state index in [1.165, 1.54) is 17.5 Å². The Morgan fingerprint density at radius 1 is 1.19 bits per heavy atom. The molecule has 32 heavy (non-hydrogen) atoms. The predicted octanol–water partition coefficient (Wildman–Crippen LogP) is 1.64. The molecule has 0 bridgehead atoms. The van der Waals surface area contributed by atoms with Gasteiger partial charge >= 0.3 is 0 Å². The monoisotopic (exact) mass is 440 g/mol. The van der Waals surface area contributed by atoms with Crippen LogP contribution in [0.25, 0.3) is 0 Å². The Kier molecular flexibility index (Phi) is 7.26. The summed E-state index contributed by atoms with van der Waals surface area (Å²) in [5, 5.41) is 5.94. The Hall–Kier alpha value is -3.07. The van der Waals surface area contributed by atoms with Crippen LogP contribution in [0, 0.1) is 0 Å². The number of fused-ring (bicyclic) bond motifs is 1. The highest BCUT2D eigenvalue weighted by atomic mass is 19.1. The lowest BCUT2D eigenvalue weighted by Gasteiger charge is -2.30. The van der Waals surface area contributed by atoms with E-state index in [0.717, 1.165) is 38.8 Å². The molecule has 2 aromatic rings. The molecule has 2 aliphatic heterocycles. The second kappa shape index (κ2) is 10.5.